The predicted molar refractivity (Wildman–Crippen MR) is 118 cm³/mol. The smallest absolute Gasteiger partial charge is 0.0133 e. The fourth-order valence-corrected chi connectivity index (χ4v) is 6.62. The van der Waals surface area contributed by atoms with Gasteiger partial charge in [-0.2, -0.15) is 0 Å². The van der Waals surface area contributed by atoms with Crippen molar-refractivity contribution >= 4 is 28.7 Å². The third kappa shape index (κ3) is 2.61. The van der Waals surface area contributed by atoms with Gasteiger partial charge in [0.2, 0.25) is 0 Å². The van der Waals surface area contributed by atoms with Crippen LogP contribution in [0.4, 0.5) is 0 Å². The standard InChI is InChI=1S/C25H27I/c1-25(2)23-14-19(18-8-7-16-5-3-4-6-17(16)13-18)9-11-21(23)22-12-10-20(26)15-24(22)25/h3-8,10,12,15,18-19,21,23H,9,11,13-14H2,1-2H3/t18?,19-,21-,23?/m0/s1. The Bertz CT molecular complexity index is 875. The van der Waals surface area contributed by atoms with Gasteiger partial charge in [-0.25, -0.2) is 0 Å². The molecule has 1 heteroatoms. The first-order valence-electron chi connectivity index (χ1n) is 10.1. The largest absolute Gasteiger partial charge is 0.0802 e. The molecule has 2 unspecified atom stereocenters. The maximum absolute atomic E-state index is 2.52. The van der Waals surface area contributed by atoms with E-state index in [1.54, 1.807) is 16.7 Å². The van der Waals surface area contributed by atoms with Gasteiger partial charge in [-0.15, -0.1) is 0 Å². The van der Waals surface area contributed by atoms with Crippen molar-refractivity contribution in [1.82, 2.24) is 0 Å². The van der Waals surface area contributed by atoms with Crippen LogP contribution < -0.4 is 0 Å². The van der Waals surface area contributed by atoms with E-state index >= 15 is 0 Å². The monoisotopic (exact) mass is 454 g/mol. The number of rotatable bonds is 1. The van der Waals surface area contributed by atoms with Gasteiger partial charge in [-0.3, -0.25) is 0 Å². The van der Waals surface area contributed by atoms with Gasteiger partial charge >= 0.3 is 0 Å². The van der Waals surface area contributed by atoms with E-state index in [4.69, 9.17) is 0 Å². The second-order valence-corrected chi connectivity index (χ2v) is 10.4. The van der Waals surface area contributed by atoms with E-state index in [1.165, 1.54) is 34.8 Å². The van der Waals surface area contributed by atoms with E-state index in [1.807, 2.05) is 0 Å². The highest BCUT2D eigenvalue weighted by molar-refractivity contribution is 14.1. The van der Waals surface area contributed by atoms with Crippen molar-refractivity contribution in [3.05, 3.63) is 74.4 Å². The van der Waals surface area contributed by atoms with Crippen LogP contribution in [0.15, 0.2) is 48.5 Å². The Hall–Kier alpha value is -1.09. The second-order valence-electron chi connectivity index (χ2n) is 9.17. The Balaban J connectivity index is 1.41. The van der Waals surface area contributed by atoms with Crippen LogP contribution in [0, 0.1) is 21.3 Å². The molecule has 0 radical (unpaired) electrons. The highest BCUT2D eigenvalue weighted by atomic mass is 127. The topological polar surface area (TPSA) is 0 Å². The zero-order valence-corrected chi connectivity index (χ0v) is 17.9. The van der Waals surface area contributed by atoms with Crippen molar-refractivity contribution in [2.75, 3.05) is 0 Å². The lowest BCUT2D eigenvalue weighted by molar-refractivity contribution is 0.152. The lowest BCUT2D eigenvalue weighted by Crippen LogP contribution is -2.34. The molecule has 0 nitrogen and oxygen atoms in total. The Labute approximate surface area is 171 Å². The number of halogens is 1. The first kappa shape index (κ1) is 17.0. The van der Waals surface area contributed by atoms with Crippen LogP contribution in [0.25, 0.3) is 6.08 Å². The molecule has 0 bridgehead atoms. The molecule has 26 heavy (non-hydrogen) atoms. The molecule has 1 saturated carbocycles. The molecule has 0 heterocycles. The molecule has 3 aliphatic rings. The molecule has 1 fully saturated rings. The summed E-state index contributed by atoms with van der Waals surface area (Å²) in [7, 11) is 0. The van der Waals surface area contributed by atoms with Gasteiger partial charge in [0.05, 0.1) is 0 Å². The summed E-state index contributed by atoms with van der Waals surface area (Å²) in [6.07, 6.45) is 10.3. The zero-order valence-electron chi connectivity index (χ0n) is 15.7. The van der Waals surface area contributed by atoms with E-state index in [2.05, 4.69) is 91.1 Å². The van der Waals surface area contributed by atoms with E-state index in [0.29, 0.717) is 5.41 Å². The Morgan fingerprint density at radius 3 is 2.77 bits per heavy atom. The van der Waals surface area contributed by atoms with Crippen molar-refractivity contribution in [3.8, 4) is 0 Å². The van der Waals surface area contributed by atoms with Crippen molar-refractivity contribution in [2.45, 2.75) is 50.9 Å². The molecule has 0 N–H and O–H groups in total. The lowest BCUT2D eigenvalue weighted by Gasteiger charge is -2.41. The molecule has 0 aliphatic heterocycles. The first-order valence-corrected chi connectivity index (χ1v) is 11.2. The van der Waals surface area contributed by atoms with Crippen LogP contribution in [0.3, 0.4) is 0 Å². The van der Waals surface area contributed by atoms with E-state index in [-0.39, 0.29) is 0 Å². The van der Waals surface area contributed by atoms with Gasteiger partial charge in [0.1, 0.15) is 0 Å². The van der Waals surface area contributed by atoms with E-state index < -0.39 is 0 Å². The fourth-order valence-electron chi connectivity index (χ4n) is 6.13. The zero-order chi connectivity index (χ0) is 17.9. The van der Waals surface area contributed by atoms with Crippen molar-refractivity contribution in [3.63, 3.8) is 0 Å². The minimum Gasteiger partial charge on any atom is -0.0802 e. The van der Waals surface area contributed by atoms with Gasteiger partial charge in [0, 0.05) is 3.57 Å². The van der Waals surface area contributed by atoms with Crippen LogP contribution in [0.1, 0.15) is 61.3 Å². The van der Waals surface area contributed by atoms with Crippen LogP contribution >= 0.6 is 22.6 Å². The van der Waals surface area contributed by atoms with Crippen LogP contribution in [0.2, 0.25) is 0 Å². The highest BCUT2D eigenvalue weighted by Crippen LogP contribution is 2.58. The van der Waals surface area contributed by atoms with Crippen LogP contribution in [-0.2, 0) is 11.8 Å². The van der Waals surface area contributed by atoms with Gasteiger partial charge in [-0.05, 0) is 112 Å². The highest BCUT2D eigenvalue weighted by Gasteiger charge is 2.49. The summed E-state index contributed by atoms with van der Waals surface area (Å²) in [5, 5.41) is 0. The van der Waals surface area contributed by atoms with E-state index in [9.17, 15) is 0 Å². The van der Waals surface area contributed by atoms with E-state index in [0.717, 1.165) is 23.7 Å². The number of benzene rings is 2. The number of allylic oxidation sites excluding steroid dienone is 1. The molecule has 2 aromatic rings. The molecule has 0 saturated heterocycles. The van der Waals surface area contributed by atoms with Crippen molar-refractivity contribution in [1.29, 1.82) is 0 Å². The van der Waals surface area contributed by atoms with Gasteiger partial charge in [-0.1, -0.05) is 56.3 Å². The molecular weight excluding hydrogens is 427 g/mol. The van der Waals surface area contributed by atoms with Crippen molar-refractivity contribution < 1.29 is 0 Å². The second kappa shape index (κ2) is 6.22. The fraction of sp³-hybridized carbons (Fsp3) is 0.440. The van der Waals surface area contributed by atoms with Gasteiger partial charge < -0.3 is 0 Å². The summed E-state index contributed by atoms with van der Waals surface area (Å²) in [5.41, 5.74) is 6.58. The minimum absolute atomic E-state index is 0.316. The Morgan fingerprint density at radius 2 is 1.88 bits per heavy atom. The number of hydrogen-bond acceptors (Lipinski definition) is 0. The number of fused-ring (bicyclic) bond motifs is 4. The normalized spacial score (nSPS) is 31.2. The minimum atomic E-state index is 0.316. The van der Waals surface area contributed by atoms with Gasteiger partial charge in [0.15, 0.2) is 0 Å². The molecule has 0 amide bonds. The van der Waals surface area contributed by atoms with Gasteiger partial charge in [0.25, 0.3) is 0 Å². The third-order valence-electron chi connectivity index (χ3n) is 7.57. The predicted octanol–water partition coefficient (Wildman–Crippen LogP) is 6.97. The molecule has 4 atom stereocenters. The summed E-state index contributed by atoms with van der Waals surface area (Å²) in [4.78, 5) is 0. The summed E-state index contributed by atoms with van der Waals surface area (Å²) in [6.45, 7) is 5.00. The van der Waals surface area contributed by atoms with Crippen LogP contribution in [0.5, 0.6) is 0 Å². The molecule has 2 aromatic carbocycles. The summed E-state index contributed by atoms with van der Waals surface area (Å²) >= 11 is 2.47. The lowest BCUT2D eigenvalue weighted by atomic mass is 9.63. The van der Waals surface area contributed by atoms with Crippen LogP contribution in [-0.4, -0.2) is 0 Å². The summed E-state index contributed by atoms with van der Waals surface area (Å²) in [6, 6.07) is 16.1. The third-order valence-corrected chi connectivity index (χ3v) is 8.24. The maximum Gasteiger partial charge on any atom is 0.0133 e. The summed E-state index contributed by atoms with van der Waals surface area (Å²) in [5.74, 6) is 3.16. The number of hydrogen-bond donors (Lipinski definition) is 0. The van der Waals surface area contributed by atoms with Crippen molar-refractivity contribution in [2.24, 2.45) is 17.8 Å². The maximum atomic E-state index is 2.52. The molecule has 0 spiro atoms. The SMILES string of the molecule is CC1(C)c2cc(I)ccc2[C@@H]2CC[C@H](C3C=Cc4ccccc4C3)CC21. The molecule has 3 aliphatic carbocycles. The molecule has 5 rings (SSSR count). The average Bonchev–Trinajstić information content (AvgIpc) is 2.88. The molecular formula is C25H27I. The molecule has 134 valence electrons. The first-order chi connectivity index (χ1) is 12.5. The summed E-state index contributed by atoms with van der Waals surface area (Å²) < 4.78 is 1.39. The Morgan fingerprint density at radius 1 is 1.04 bits per heavy atom. The molecule has 0 aromatic heterocycles. The quantitative estimate of drug-likeness (QED) is 0.409. The Kier molecular flexibility index (Phi) is 4.08. The average molecular weight is 454 g/mol.